The first-order valence-corrected chi connectivity index (χ1v) is 4.94. The van der Waals surface area contributed by atoms with Crippen LogP contribution in [-0.2, 0) is 17.4 Å². The van der Waals surface area contributed by atoms with E-state index in [4.69, 9.17) is 10.8 Å². The molecule has 17 heavy (non-hydrogen) atoms. The molecule has 0 aliphatic rings. The molecule has 0 radical (unpaired) electrons. The molecule has 1 aromatic carbocycles. The number of hydrogen-bond donors (Lipinski definition) is 2. The van der Waals surface area contributed by atoms with E-state index in [0.29, 0.717) is 0 Å². The van der Waals surface area contributed by atoms with Crippen molar-refractivity contribution in [1.29, 1.82) is 0 Å². The first-order chi connectivity index (χ1) is 7.86. The molecule has 0 amide bonds. The SMILES string of the molecule is NCC(Cc1ccccc1C(F)(F)F)C(=O)O. The largest absolute Gasteiger partial charge is 0.481 e. The molecule has 1 atom stereocenters. The monoisotopic (exact) mass is 247 g/mol. The molecule has 0 saturated heterocycles. The Balaban J connectivity index is 3.02. The summed E-state index contributed by atoms with van der Waals surface area (Å²) in [5, 5.41) is 8.77. The highest BCUT2D eigenvalue weighted by Gasteiger charge is 2.33. The van der Waals surface area contributed by atoms with Crippen LogP contribution < -0.4 is 5.73 Å². The van der Waals surface area contributed by atoms with Gasteiger partial charge >= 0.3 is 12.1 Å². The zero-order valence-corrected chi connectivity index (χ0v) is 8.87. The predicted molar refractivity (Wildman–Crippen MR) is 55.3 cm³/mol. The second-order valence-corrected chi connectivity index (χ2v) is 3.63. The maximum absolute atomic E-state index is 12.6. The lowest BCUT2D eigenvalue weighted by molar-refractivity contribution is -0.143. The third-order valence-electron chi connectivity index (χ3n) is 2.42. The zero-order chi connectivity index (χ0) is 13.1. The van der Waals surface area contributed by atoms with Crippen molar-refractivity contribution >= 4 is 5.97 Å². The summed E-state index contributed by atoms with van der Waals surface area (Å²) in [6, 6.07) is 4.92. The maximum atomic E-state index is 12.6. The van der Waals surface area contributed by atoms with Crippen LogP contribution in [0.4, 0.5) is 13.2 Å². The molecule has 1 unspecified atom stereocenters. The number of halogens is 3. The van der Waals surface area contributed by atoms with E-state index >= 15 is 0 Å². The average Bonchev–Trinajstić information content (AvgIpc) is 2.24. The lowest BCUT2D eigenvalue weighted by Crippen LogP contribution is -2.26. The summed E-state index contributed by atoms with van der Waals surface area (Å²) in [4.78, 5) is 10.7. The fourth-order valence-corrected chi connectivity index (χ4v) is 1.51. The topological polar surface area (TPSA) is 63.3 Å². The molecule has 0 fully saturated rings. The van der Waals surface area contributed by atoms with Gasteiger partial charge in [0.2, 0.25) is 0 Å². The van der Waals surface area contributed by atoms with Gasteiger partial charge in [-0.1, -0.05) is 18.2 Å². The zero-order valence-electron chi connectivity index (χ0n) is 8.87. The van der Waals surface area contributed by atoms with Crippen molar-refractivity contribution in [2.24, 2.45) is 11.7 Å². The Labute approximate surface area is 96.0 Å². The fourth-order valence-electron chi connectivity index (χ4n) is 1.51. The van der Waals surface area contributed by atoms with Gasteiger partial charge in [0.05, 0.1) is 11.5 Å². The standard InChI is InChI=1S/C11H12F3NO2/c12-11(13,14)9-4-2-1-3-7(9)5-8(6-15)10(16)17/h1-4,8H,5-6,15H2,(H,16,17). The quantitative estimate of drug-likeness (QED) is 0.854. The van der Waals surface area contributed by atoms with Crippen LogP contribution in [0.15, 0.2) is 24.3 Å². The molecule has 0 aliphatic carbocycles. The number of benzene rings is 1. The molecule has 94 valence electrons. The average molecular weight is 247 g/mol. The number of nitrogens with two attached hydrogens (primary N) is 1. The van der Waals surface area contributed by atoms with Gasteiger partial charge in [-0.3, -0.25) is 4.79 Å². The van der Waals surface area contributed by atoms with Crippen LogP contribution in [0.3, 0.4) is 0 Å². The smallest absolute Gasteiger partial charge is 0.416 e. The third-order valence-corrected chi connectivity index (χ3v) is 2.42. The Bertz CT molecular complexity index is 404. The molecular weight excluding hydrogens is 235 g/mol. The molecule has 3 N–H and O–H groups in total. The van der Waals surface area contributed by atoms with Crippen LogP contribution >= 0.6 is 0 Å². The van der Waals surface area contributed by atoms with Crippen molar-refractivity contribution in [3.63, 3.8) is 0 Å². The molecule has 1 rings (SSSR count). The third kappa shape index (κ3) is 3.45. The lowest BCUT2D eigenvalue weighted by Gasteiger charge is -2.15. The highest BCUT2D eigenvalue weighted by molar-refractivity contribution is 5.70. The van der Waals surface area contributed by atoms with Crippen molar-refractivity contribution in [2.75, 3.05) is 6.54 Å². The number of carbonyl (C=O) groups is 1. The lowest BCUT2D eigenvalue weighted by atomic mass is 9.95. The Kier molecular flexibility index (Phi) is 4.11. The summed E-state index contributed by atoms with van der Waals surface area (Å²) in [5.74, 6) is -2.19. The highest BCUT2D eigenvalue weighted by atomic mass is 19.4. The van der Waals surface area contributed by atoms with E-state index < -0.39 is 23.6 Å². The van der Waals surface area contributed by atoms with Crippen molar-refractivity contribution in [1.82, 2.24) is 0 Å². The van der Waals surface area contributed by atoms with E-state index in [2.05, 4.69) is 0 Å². The van der Waals surface area contributed by atoms with Gasteiger partial charge in [-0.25, -0.2) is 0 Å². The summed E-state index contributed by atoms with van der Waals surface area (Å²) in [6.45, 7) is -0.193. The summed E-state index contributed by atoms with van der Waals surface area (Å²) >= 11 is 0. The molecule has 3 nitrogen and oxygen atoms in total. The molecule has 1 aromatic rings. The van der Waals surface area contributed by atoms with Gasteiger partial charge in [0.1, 0.15) is 0 Å². The van der Waals surface area contributed by atoms with Crippen LogP contribution in [0.2, 0.25) is 0 Å². The molecule has 0 bridgehead atoms. The number of hydrogen-bond acceptors (Lipinski definition) is 2. The van der Waals surface area contributed by atoms with E-state index in [0.717, 1.165) is 6.07 Å². The minimum atomic E-state index is -4.48. The molecule has 0 aliphatic heterocycles. The van der Waals surface area contributed by atoms with Gasteiger partial charge in [-0.15, -0.1) is 0 Å². The van der Waals surface area contributed by atoms with E-state index in [-0.39, 0.29) is 18.5 Å². The molecule has 0 aromatic heterocycles. The summed E-state index contributed by atoms with van der Waals surface area (Å²) in [7, 11) is 0. The van der Waals surface area contributed by atoms with Crippen LogP contribution in [0.5, 0.6) is 0 Å². The Morgan fingerprint density at radius 3 is 2.41 bits per heavy atom. The second kappa shape index (κ2) is 5.18. The first-order valence-electron chi connectivity index (χ1n) is 4.94. The molecular formula is C11H12F3NO2. The normalized spacial score (nSPS) is 13.4. The second-order valence-electron chi connectivity index (χ2n) is 3.63. The fraction of sp³-hybridized carbons (Fsp3) is 0.364. The van der Waals surface area contributed by atoms with Crippen molar-refractivity contribution < 1.29 is 23.1 Å². The van der Waals surface area contributed by atoms with Gasteiger partial charge in [0.25, 0.3) is 0 Å². The maximum Gasteiger partial charge on any atom is 0.416 e. The number of alkyl halides is 3. The summed E-state index contributed by atoms with van der Waals surface area (Å²) < 4.78 is 37.9. The number of rotatable bonds is 4. The molecule has 0 saturated carbocycles. The van der Waals surface area contributed by atoms with E-state index in [1.807, 2.05) is 0 Å². The van der Waals surface area contributed by atoms with Crippen molar-refractivity contribution in [2.45, 2.75) is 12.6 Å². The summed E-state index contributed by atoms with van der Waals surface area (Å²) in [6.07, 6.45) is -4.70. The van der Waals surface area contributed by atoms with Crippen LogP contribution in [0.25, 0.3) is 0 Å². The molecule has 0 heterocycles. The Hall–Kier alpha value is -1.56. The minimum Gasteiger partial charge on any atom is -0.481 e. The van der Waals surface area contributed by atoms with Gasteiger partial charge < -0.3 is 10.8 Å². The van der Waals surface area contributed by atoms with Crippen LogP contribution in [0.1, 0.15) is 11.1 Å². The Morgan fingerprint density at radius 1 is 1.35 bits per heavy atom. The van der Waals surface area contributed by atoms with Gasteiger partial charge in [0, 0.05) is 6.54 Å². The van der Waals surface area contributed by atoms with Crippen molar-refractivity contribution in [3.8, 4) is 0 Å². The van der Waals surface area contributed by atoms with E-state index in [1.54, 1.807) is 0 Å². The molecule has 6 heteroatoms. The van der Waals surface area contributed by atoms with Crippen LogP contribution in [-0.4, -0.2) is 17.6 Å². The van der Waals surface area contributed by atoms with Gasteiger partial charge in [0.15, 0.2) is 0 Å². The number of carboxylic acids is 1. The number of aliphatic carboxylic acids is 1. The molecule has 0 spiro atoms. The van der Waals surface area contributed by atoms with E-state index in [1.165, 1.54) is 18.2 Å². The first kappa shape index (κ1) is 13.5. The highest BCUT2D eigenvalue weighted by Crippen LogP contribution is 2.32. The summed E-state index contributed by atoms with van der Waals surface area (Å²) in [5.41, 5.74) is 4.37. The Morgan fingerprint density at radius 2 is 1.94 bits per heavy atom. The van der Waals surface area contributed by atoms with Crippen molar-refractivity contribution in [3.05, 3.63) is 35.4 Å². The van der Waals surface area contributed by atoms with Gasteiger partial charge in [-0.2, -0.15) is 13.2 Å². The predicted octanol–water partition coefficient (Wildman–Crippen LogP) is 1.91. The van der Waals surface area contributed by atoms with E-state index in [9.17, 15) is 18.0 Å². The number of carboxylic acid groups (broad SMARTS) is 1. The minimum absolute atomic E-state index is 0.0437. The van der Waals surface area contributed by atoms with Gasteiger partial charge in [-0.05, 0) is 18.1 Å². The van der Waals surface area contributed by atoms with Crippen LogP contribution in [0, 0.1) is 5.92 Å².